The van der Waals surface area contributed by atoms with Gasteiger partial charge in [0, 0.05) is 44.3 Å². The number of carbonyl (C=O) groups is 1. The number of pyridine rings is 1. The van der Waals surface area contributed by atoms with Crippen LogP contribution in [0.5, 0.6) is 0 Å². The van der Waals surface area contributed by atoms with Crippen molar-refractivity contribution in [3.8, 4) is 0 Å². The summed E-state index contributed by atoms with van der Waals surface area (Å²) in [6.07, 6.45) is 9.54. The van der Waals surface area contributed by atoms with Crippen LogP contribution in [0.1, 0.15) is 37.1 Å². The summed E-state index contributed by atoms with van der Waals surface area (Å²) in [4.78, 5) is 23.0. The minimum absolute atomic E-state index is 0.169. The SMILES string of the molecule is C[C@H]1C[C@@H](c2cccnc2)N(C(=O)CCc2cncn2C)C1. The van der Waals surface area contributed by atoms with Crippen LogP contribution in [0.25, 0.3) is 0 Å². The molecule has 2 atom stereocenters. The van der Waals surface area contributed by atoms with Crippen LogP contribution in [0.15, 0.2) is 37.1 Å². The van der Waals surface area contributed by atoms with E-state index in [0.717, 1.165) is 30.6 Å². The average molecular weight is 298 g/mol. The first kappa shape index (κ1) is 14.8. The molecule has 116 valence electrons. The Balaban J connectivity index is 1.69. The van der Waals surface area contributed by atoms with E-state index < -0.39 is 0 Å². The Bertz CT molecular complexity index is 637. The normalized spacial score (nSPS) is 21.3. The van der Waals surface area contributed by atoms with Crippen molar-refractivity contribution in [3.05, 3.63) is 48.3 Å². The maximum absolute atomic E-state index is 12.7. The van der Waals surface area contributed by atoms with Gasteiger partial charge in [0.2, 0.25) is 5.91 Å². The number of nitrogens with zero attached hydrogens (tertiary/aromatic N) is 4. The summed E-state index contributed by atoms with van der Waals surface area (Å²) in [7, 11) is 1.96. The van der Waals surface area contributed by atoms with Gasteiger partial charge in [0.25, 0.3) is 0 Å². The molecule has 2 aromatic heterocycles. The summed E-state index contributed by atoms with van der Waals surface area (Å²) in [6, 6.07) is 4.18. The predicted molar refractivity (Wildman–Crippen MR) is 84.0 cm³/mol. The quantitative estimate of drug-likeness (QED) is 0.870. The third kappa shape index (κ3) is 3.03. The number of imidazole rings is 1. The highest BCUT2D eigenvalue weighted by atomic mass is 16.2. The van der Waals surface area contributed by atoms with E-state index >= 15 is 0 Å². The number of carbonyl (C=O) groups excluding carboxylic acids is 1. The molecular formula is C17H22N4O. The maximum Gasteiger partial charge on any atom is 0.223 e. The molecule has 5 heteroatoms. The van der Waals surface area contributed by atoms with Gasteiger partial charge in [0.1, 0.15) is 0 Å². The van der Waals surface area contributed by atoms with Gasteiger partial charge in [0.05, 0.1) is 12.4 Å². The summed E-state index contributed by atoms with van der Waals surface area (Å²) in [5.41, 5.74) is 2.24. The molecular weight excluding hydrogens is 276 g/mol. The van der Waals surface area contributed by atoms with Crippen molar-refractivity contribution in [2.45, 2.75) is 32.2 Å². The highest BCUT2D eigenvalue weighted by molar-refractivity contribution is 5.77. The molecule has 0 saturated carbocycles. The van der Waals surface area contributed by atoms with Crippen LogP contribution >= 0.6 is 0 Å². The predicted octanol–water partition coefficient (Wildman–Crippen LogP) is 2.36. The molecule has 1 saturated heterocycles. The van der Waals surface area contributed by atoms with E-state index in [1.54, 1.807) is 12.5 Å². The van der Waals surface area contributed by atoms with E-state index in [0.29, 0.717) is 12.3 Å². The van der Waals surface area contributed by atoms with Gasteiger partial charge in [-0.1, -0.05) is 13.0 Å². The molecule has 1 fully saturated rings. The molecule has 2 aromatic rings. The minimum atomic E-state index is 0.169. The van der Waals surface area contributed by atoms with Crippen molar-refractivity contribution >= 4 is 5.91 Å². The molecule has 0 N–H and O–H groups in total. The van der Waals surface area contributed by atoms with Gasteiger partial charge in [-0.15, -0.1) is 0 Å². The second-order valence-electron chi connectivity index (χ2n) is 6.19. The molecule has 0 bridgehead atoms. The third-order valence-corrected chi connectivity index (χ3v) is 4.41. The molecule has 1 aliphatic rings. The molecule has 1 aliphatic heterocycles. The van der Waals surface area contributed by atoms with Crippen LogP contribution in [0.2, 0.25) is 0 Å². The topological polar surface area (TPSA) is 51.0 Å². The lowest BCUT2D eigenvalue weighted by Crippen LogP contribution is -2.31. The molecule has 0 aromatic carbocycles. The number of aromatic nitrogens is 3. The molecule has 5 nitrogen and oxygen atoms in total. The van der Waals surface area contributed by atoms with Crippen LogP contribution in [0.3, 0.4) is 0 Å². The highest BCUT2D eigenvalue weighted by Gasteiger charge is 2.33. The number of likely N-dealkylation sites (tertiary alicyclic amines) is 1. The first-order valence-electron chi connectivity index (χ1n) is 7.79. The van der Waals surface area contributed by atoms with E-state index in [4.69, 9.17) is 0 Å². The second kappa shape index (κ2) is 6.30. The number of hydrogen-bond donors (Lipinski definition) is 0. The first-order valence-corrected chi connectivity index (χ1v) is 7.79. The minimum Gasteiger partial charge on any atom is -0.338 e. The van der Waals surface area contributed by atoms with Crippen molar-refractivity contribution < 1.29 is 4.79 Å². The molecule has 0 radical (unpaired) electrons. The fraction of sp³-hybridized carbons (Fsp3) is 0.471. The lowest BCUT2D eigenvalue weighted by molar-refractivity contribution is -0.132. The lowest BCUT2D eigenvalue weighted by Gasteiger charge is -2.25. The molecule has 3 rings (SSSR count). The fourth-order valence-electron chi connectivity index (χ4n) is 3.21. The van der Waals surface area contributed by atoms with E-state index in [-0.39, 0.29) is 11.9 Å². The summed E-state index contributed by atoms with van der Waals surface area (Å²) in [6.45, 7) is 3.04. The van der Waals surface area contributed by atoms with E-state index in [9.17, 15) is 4.79 Å². The van der Waals surface area contributed by atoms with Crippen molar-refractivity contribution in [2.24, 2.45) is 13.0 Å². The molecule has 0 aliphatic carbocycles. The Kier molecular flexibility index (Phi) is 4.22. The second-order valence-corrected chi connectivity index (χ2v) is 6.19. The maximum atomic E-state index is 12.7. The summed E-state index contributed by atoms with van der Waals surface area (Å²) in [5, 5.41) is 0. The van der Waals surface area contributed by atoms with Crippen molar-refractivity contribution in [2.75, 3.05) is 6.54 Å². The molecule has 22 heavy (non-hydrogen) atoms. The summed E-state index contributed by atoms with van der Waals surface area (Å²) < 4.78 is 1.97. The average Bonchev–Trinajstić information content (AvgIpc) is 3.11. The summed E-state index contributed by atoms with van der Waals surface area (Å²) in [5.74, 6) is 0.755. The van der Waals surface area contributed by atoms with Crippen LogP contribution in [0.4, 0.5) is 0 Å². The van der Waals surface area contributed by atoms with Crippen LogP contribution in [0, 0.1) is 5.92 Å². The Morgan fingerprint density at radius 2 is 2.23 bits per heavy atom. The van der Waals surface area contributed by atoms with Crippen LogP contribution in [-0.4, -0.2) is 31.9 Å². The van der Waals surface area contributed by atoms with Crippen molar-refractivity contribution in [1.82, 2.24) is 19.4 Å². The van der Waals surface area contributed by atoms with Gasteiger partial charge in [-0.2, -0.15) is 0 Å². The molecule has 1 amide bonds. The standard InChI is InChI=1S/C17H22N4O/c1-13-8-16(14-4-3-7-18-9-14)21(11-13)17(22)6-5-15-10-19-12-20(15)2/h3-4,7,9-10,12-13,16H,5-6,8,11H2,1-2H3/t13-,16-/m0/s1. The Morgan fingerprint density at radius 1 is 1.36 bits per heavy atom. The largest absolute Gasteiger partial charge is 0.338 e. The summed E-state index contributed by atoms with van der Waals surface area (Å²) >= 11 is 0. The van der Waals surface area contributed by atoms with E-state index in [1.165, 1.54) is 0 Å². The third-order valence-electron chi connectivity index (χ3n) is 4.41. The van der Waals surface area contributed by atoms with Gasteiger partial charge in [-0.3, -0.25) is 9.78 Å². The van der Waals surface area contributed by atoms with Crippen LogP contribution < -0.4 is 0 Å². The van der Waals surface area contributed by atoms with Gasteiger partial charge in [-0.25, -0.2) is 4.98 Å². The molecule has 0 spiro atoms. The van der Waals surface area contributed by atoms with Crippen molar-refractivity contribution in [3.63, 3.8) is 0 Å². The van der Waals surface area contributed by atoms with Crippen LogP contribution in [-0.2, 0) is 18.3 Å². The van der Waals surface area contributed by atoms with Crippen molar-refractivity contribution in [1.29, 1.82) is 0 Å². The Hall–Kier alpha value is -2.17. The van der Waals surface area contributed by atoms with Gasteiger partial charge >= 0.3 is 0 Å². The highest BCUT2D eigenvalue weighted by Crippen LogP contribution is 2.35. The lowest BCUT2D eigenvalue weighted by atomic mass is 10.0. The van der Waals surface area contributed by atoms with Gasteiger partial charge < -0.3 is 9.47 Å². The Morgan fingerprint density at radius 3 is 2.91 bits per heavy atom. The number of rotatable bonds is 4. The zero-order valence-corrected chi connectivity index (χ0v) is 13.1. The van der Waals surface area contributed by atoms with Gasteiger partial charge in [-0.05, 0) is 30.4 Å². The number of aryl methyl sites for hydroxylation is 2. The zero-order chi connectivity index (χ0) is 15.5. The first-order chi connectivity index (χ1) is 10.6. The smallest absolute Gasteiger partial charge is 0.223 e. The fourth-order valence-corrected chi connectivity index (χ4v) is 3.21. The van der Waals surface area contributed by atoms with Gasteiger partial charge in [0.15, 0.2) is 0 Å². The van der Waals surface area contributed by atoms with E-state index in [1.807, 2.05) is 35.0 Å². The number of amides is 1. The monoisotopic (exact) mass is 298 g/mol. The number of hydrogen-bond acceptors (Lipinski definition) is 3. The molecule has 3 heterocycles. The van der Waals surface area contributed by atoms with E-state index in [2.05, 4.69) is 23.0 Å². The molecule has 0 unspecified atom stereocenters. The zero-order valence-electron chi connectivity index (χ0n) is 13.1. The Labute approximate surface area is 131 Å².